The average molecular weight is 295 g/mol. The van der Waals surface area contributed by atoms with E-state index in [9.17, 15) is 4.79 Å². The quantitative estimate of drug-likeness (QED) is 0.925. The molecule has 20 heavy (non-hydrogen) atoms. The Balaban J connectivity index is 1.77. The zero-order chi connectivity index (χ0) is 14.5. The number of halogens is 1. The fraction of sp³-hybridized carbons (Fsp3) is 0.562. The molecule has 1 heterocycles. The molecule has 0 bridgehead atoms. The number of nitrogens with zero attached hydrogens (tertiary/aromatic N) is 1. The molecule has 2 rings (SSSR count). The SMILES string of the molecule is CC(C)C(=O)NC1CCN(Cc2ccc(Cl)cc2)CC1. The van der Waals surface area contributed by atoms with Gasteiger partial charge < -0.3 is 5.32 Å². The van der Waals surface area contributed by atoms with Gasteiger partial charge in [-0.3, -0.25) is 9.69 Å². The molecule has 1 aromatic rings. The Labute approximate surface area is 126 Å². The van der Waals surface area contributed by atoms with Crippen molar-refractivity contribution in [2.45, 2.75) is 39.3 Å². The summed E-state index contributed by atoms with van der Waals surface area (Å²) in [5.74, 6) is 0.239. The Morgan fingerprint density at radius 2 is 1.90 bits per heavy atom. The normalized spacial score (nSPS) is 17.4. The molecule has 1 saturated heterocycles. The standard InChI is InChI=1S/C16H23ClN2O/c1-12(2)16(20)18-15-7-9-19(10-8-15)11-13-3-5-14(17)6-4-13/h3-6,12,15H,7-11H2,1-2H3,(H,18,20). The van der Waals surface area contributed by atoms with E-state index in [2.05, 4.69) is 22.3 Å². The zero-order valence-corrected chi connectivity index (χ0v) is 13.0. The highest BCUT2D eigenvalue weighted by molar-refractivity contribution is 6.30. The predicted octanol–water partition coefficient (Wildman–Crippen LogP) is 3.08. The molecule has 0 atom stereocenters. The molecule has 3 nitrogen and oxygen atoms in total. The third kappa shape index (κ3) is 4.50. The number of hydrogen-bond acceptors (Lipinski definition) is 2. The summed E-state index contributed by atoms with van der Waals surface area (Å²) in [5.41, 5.74) is 1.29. The lowest BCUT2D eigenvalue weighted by Gasteiger charge is -2.32. The Morgan fingerprint density at radius 1 is 1.30 bits per heavy atom. The highest BCUT2D eigenvalue weighted by Crippen LogP contribution is 2.16. The van der Waals surface area contributed by atoms with Crippen molar-refractivity contribution in [3.05, 3.63) is 34.9 Å². The van der Waals surface area contributed by atoms with E-state index in [1.54, 1.807) is 0 Å². The van der Waals surface area contributed by atoms with E-state index >= 15 is 0 Å². The Bertz CT molecular complexity index is 436. The van der Waals surface area contributed by atoms with Crippen LogP contribution in [-0.2, 0) is 11.3 Å². The van der Waals surface area contributed by atoms with Crippen LogP contribution >= 0.6 is 11.6 Å². The summed E-state index contributed by atoms with van der Waals surface area (Å²) in [6.07, 6.45) is 2.07. The van der Waals surface area contributed by atoms with Gasteiger partial charge in [-0.2, -0.15) is 0 Å². The van der Waals surface area contributed by atoms with Crippen LogP contribution in [0.1, 0.15) is 32.3 Å². The summed E-state index contributed by atoms with van der Waals surface area (Å²) in [4.78, 5) is 14.1. The third-order valence-corrected chi connectivity index (χ3v) is 4.03. The molecule has 1 fully saturated rings. The van der Waals surface area contributed by atoms with Crippen molar-refractivity contribution in [1.29, 1.82) is 0 Å². The Kier molecular flexibility index (Phi) is 5.44. The maximum Gasteiger partial charge on any atom is 0.222 e. The van der Waals surface area contributed by atoms with Gasteiger partial charge in [0, 0.05) is 36.6 Å². The summed E-state index contributed by atoms with van der Waals surface area (Å²) in [7, 11) is 0. The number of carbonyl (C=O) groups excluding carboxylic acids is 1. The highest BCUT2D eigenvalue weighted by atomic mass is 35.5. The molecular formula is C16H23ClN2O. The van der Waals surface area contributed by atoms with Crippen LogP contribution < -0.4 is 5.32 Å². The molecule has 4 heteroatoms. The number of amides is 1. The second-order valence-corrected chi connectivity index (χ2v) is 6.28. The molecule has 0 spiro atoms. The number of carbonyl (C=O) groups is 1. The van der Waals surface area contributed by atoms with Gasteiger partial charge in [-0.25, -0.2) is 0 Å². The van der Waals surface area contributed by atoms with E-state index in [4.69, 9.17) is 11.6 Å². The largest absolute Gasteiger partial charge is 0.353 e. The first-order chi connectivity index (χ1) is 9.54. The van der Waals surface area contributed by atoms with Crippen molar-refractivity contribution >= 4 is 17.5 Å². The zero-order valence-electron chi connectivity index (χ0n) is 12.2. The molecule has 0 unspecified atom stereocenters. The average Bonchev–Trinajstić information content (AvgIpc) is 2.43. The number of likely N-dealkylation sites (tertiary alicyclic amines) is 1. The van der Waals surface area contributed by atoms with Crippen LogP contribution in [0.4, 0.5) is 0 Å². The molecule has 110 valence electrons. The summed E-state index contributed by atoms with van der Waals surface area (Å²) in [6, 6.07) is 8.37. The monoisotopic (exact) mass is 294 g/mol. The van der Waals surface area contributed by atoms with E-state index in [1.807, 2.05) is 26.0 Å². The van der Waals surface area contributed by atoms with Crippen molar-refractivity contribution in [3.63, 3.8) is 0 Å². The van der Waals surface area contributed by atoms with Crippen LogP contribution in [0, 0.1) is 5.92 Å². The first-order valence-corrected chi connectivity index (χ1v) is 7.69. The summed E-state index contributed by atoms with van der Waals surface area (Å²) >= 11 is 5.89. The first-order valence-electron chi connectivity index (χ1n) is 7.32. The van der Waals surface area contributed by atoms with Crippen LogP contribution in [0.25, 0.3) is 0 Å². The number of benzene rings is 1. The number of rotatable bonds is 4. The predicted molar refractivity (Wildman–Crippen MR) is 82.7 cm³/mol. The molecule has 0 saturated carbocycles. The lowest BCUT2D eigenvalue weighted by Crippen LogP contribution is -2.45. The van der Waals surface area contributed by atoms with Crippen molar-refractivity contribution in [2.24, 2.45) is 5.92 Å². The van der Waals surface area contributed by atoms with Gasteiger partial charge in [-0.05, 0) is 30.5 Å². The Hall–Kier alpha value is -1.06. The van der Waals surface area contributed by atoms with Crippen molar-refractivity contribution in [2.75, 3.05) is 13.1 Å². The minimum atomic E-state index is 0.0714. The highest BCUT2D eigenvalue weighted by Gasteiger charge is 2.21. The maximum absolute atomic E-state index is 11.7. The van der Waals surface area contributed by atoms with Gasteiger partial charge in [-0.15, -0.1) is 0 Å². The van der Waals surface area contributed by atoms with E-state index in [0.29, 0.717) is 6.04 Å². The molecule has 1 N–H and O–H groups in total. The molecule has 0 aromatic heterocycles. The molecule has 1 aromatic carbocycles. The van der Waals surface area contributed by atoms with Crippen LogP contribution in [0.5, 0.6) is 0 Å². The molecule has 1 aliphatic rings. The van der Waals surface area contributed by atoms with Gasteiger partial charge in [0.25, 0.3) is 0 Å². The minimum absolute atomic E-state index is 0.0714. The van der Waals surface area contributed by atoms with Gasteiger partial charge in [0.15, 0.2) is 0 Å². The van der Waals surface area contributed by atoms with E-state index in [1.165, 1.54) is 5.56 Å². The Morgan fingerprint density at radius 3 is 2.45 bits per heavy atom. The number of piperidine rings is 1. The second-order valence-electron chi connectivity index (χ2n) is 5.84. The number of hydrogen-bond donors (Lipinski definition) is 1. The smallest absolute Gasteiger partial charge is 0.222 e. The van der Waals surface area contributed by atoms with Crippen molar-refractivity contribution in [1.82, 2.24) is 10.2 Å². The molecule has 1 amide bonds. The second kappa shape index (κ2) is 7.09. The minimum Gasteiger partial charge on any atom is -0.353 e. The van der Waals surface area contributed by atoms with Gasteiger partial charge >= 0.3 is 0 Å². The van der Waals surface area contributed by atoms with Gasteiger partial charge in [0.1, 0.15) is 0 Å². The maximum atomic E-state index is 11.7. The first kappa shape index (κ1) is 15.3. The lowest BCUT2D eigenvalue weighted by molar-refractivity contribution is -0.125. The van der Waals surface area contributed by atoms with Crippen LogP contribution in [0.2, 0.25) is 5.02 Å². The number of nitrogens with one attached hydrogen (secondary N) is 1. The van der Waals surface area contributed by atoms with Crippen molar-refractivity contribution < 1.29 is 4.79 Å². The van der Waals surface area contributed by atoms with Gasteiger partial charge in [0.2, 0.25) is 5.91 Å². The fourth-order valence-electron chi connectivity index (χ4n) is 2.45. The summed E-state index contributed by atoms with van der Waals surface area (Å²) in [5, 5.41) is 3.91. The van der Waals surface area contributed by atoms with Crippen LogP contribution in [-0.4, -0.2) is 29.9 Å². The molecular weight excluding hydrogens is 272 g/mol. The lowest BCUT2D eigenvalue weighted by atomic mass is 10.0. The molecule has 1 aliphatic heterocycles. The summed E-state index contributed by atoms with van der Waals surface area (Å²) < 4.78 is 0. The molecule has 0 aliphatic carbocycles. The fourth-order valence-corrected chi connectivity index (χ4v) is 2.58. The van der Waals surface area contributed by atoms with Crippen LogP contribution in [0.15, 0.2) is 24.3 Å². The van der Waals surface area contributed by atoms with Gasteiger partial charge in [-0.1, -0.05) is 37.6 Å². The van der Waals surface area contributed by atoms with Gasteiger partial charge in [0.05, 0.1) is 0 Å². The van der Waals surface area contributed by atoms with E-state index in [-0.39, 0.29) is 11.8 Å². The van der Waals surface area contributed by atoms with E-state index in [0.717, 1.165) is 37.5 Å². The van der Waals surface area contributed by atoms with Crippen LogP contribution in [0.3, 0.4) is 0 Å². The molecule has 0 radical (unpaired) electrons. The van der Waals surface area contributed by atoms with Crippen molar-refractivity contribution in [3.8, 4) is 0 Å². The summed E-state index contributed by atoms with van der Waals surface area (Å²) in [6.45, 7) is 6.90. The topological polar surface area (TPSA) is 32.3 Å². The van der Waals surface area contributed by atoms with E-state index < -0.39 is 0 Å². The third-order valence-electron chi connectivity index (χ3n) is 3.78.